The summed E-state index contributed by atoms with van der Waals surface area (Å²) in [7, 11) is 0. The number of nitrogens with one attached hydrogen (secondary N) is 1. The van der Waals surface area contributed by atoms with Crippen molar-refractivity contribution in [1.29, 1.82) is 0 Å². The number of ether oxygens (including phenoxy) is 1. The molecule has 1 atom stereocenters. The van der Waals surface area contributed by atoms with E-state index in [1.807, 2.05) is 36.4 Å². The number of aromatic nitrogens is 1. The molecule has 0 spiro atoms. The first-order valence-corrected chi connectivity index (χ1v) is 9.73. The Kier molecular flexibility index (Phi) is 5.08. The fourth-order valence-electron chi connectivity index (χ4n) is 3.58. The lowest BCUT2D eigenvalue weighted by atomic mass is 9.98. The van der Waals surface area contributed by atoms with Crippen molar-refractivity contribution in [2.45, 2.75) is 18.4 Å². The minimum atomic E-state index is -1.00. The summed E-state index contributed by atoms with van der Waals surface area (Å²) in [4.78, 5) is 28.1. The molecule has 3 aromatic rings. The highest BCUT2D eigenvalue weighted by Crippen LogP contribution is 2.44. The van der Waals surface area contributed by atoms with Gasteiger partial charge in [-0.05, 0) is 22.3 Å². The van der Waals surface area contributed by atoms with Crippen LogP contribution in [0.5, 0.6) is 0 Å². The first-order chi connectivity index (χ1) is 13.6. The van der Waals surface area contributed by atoms with Gasteiger partial charge in [0.25, 0.3) is 0 Å². The Balaban J connectivity index is 1.47. The molecule has 0 bridgehead atoms. The molecule has 1 heterocycles. The monoisotopic (exact) mass is 394 g/mol. The van der Waals surface area contributed by atoms with Crippen LogP contribution in [0, 0.1) is 0 Å². The average molecular weight is 394 g/mol. The molecule has 6 nitrogen and oxygen atoms in total. The quantitative estimate of drug-likeness (QED) is 0.654. The van der Waals surface area contributed by atoms with Gasteiger partial charge in [-0.25, -0.2) is 4.79 Å². The van der Waals surface area contributed by atoms with Crippen molar-refractivity contribution >= 4 is 23.4 Å². The van der Waals surface area contributed by atoms with Crippen molar-refractivity contribution in [1.82, 2.24) is 10.3 Å². The van der Waals surface area contributed by atoms with E-state index >= 15 is 0 Å². The third kappa shape index (κ3) is 3.61. The largest absolute Gasteiger partial charge is 0.481 e. The molecular weight excluding hydrogens is 376 g/mol. The fourth-order valence-corrected chi connectivity index (χ4v) is 4.25. The summed E-state index contributed by atoms with van der Waals surface area (Å²) in [6, 6.07) is 15.5. The number of carbonyl (C=O) groups excluding carboxylic acids is 1. The maximum absolute atomic E-state index is 12.4. The smallest absolute Gasteiger partial charge is 0.407 e. The van der Waals surface area contributed by atoms with E-state index in [-0.39, 0.29) is 18.9 Å². The van der Waals surface area contributed by atoms with Gasteiger partial charge in [-0.2, -0.15) is 0 Å². The molecule has 2 N–H and O–H groups in total. The molecule has 1 aromatic heterocycles. The van der Waals surface area contributed by atoms with Gasteiger partial charge in [0.05, 0.1) is 18.0 Å². The van der Waals surface area contributed by atoms with Gasteiger partial charge in [-0.1, -0.05) is 48.5 Å². The molecule has 0 saturated heterocycles. The van der Waals surface area contributed by atoms with Gasteiger partial charge in [0.15, 0.2) is 0 Å². The SMILES string of the molecule is O=C(O)CC(NC(=O)OCC1c2ccccc2-c2ccccc21)c1cncs1. The fraction of sp³-hybridized carbons (Fsp3) is 0.190. The second kappa shape index (κ2) is 7.82. The Hall–Kier alpha value is -3.19. The summed E-state index contributed by atoms with van der Waals surface area (Å²) >= 11 is 1.30. The highest BCUT2D eigenvalue weighted by Gasteiger charge is 2.29. The molecule has 0 fully saturated rings. The maximum atomic E-state index is 12.4. The summed E-state index contributed by atoms with van der Waals surface area (Å²) in [5.74, 6) is -1.04. The summed E-state index contributed by atoms with van der Waals surface area (Å²) < 4.78 is 5.49. The van der Waals surface area contributed by atoms with Crippen LogP contribution in [0.3, 0.4) is 0 Å². The van der Waals surface area contributed by atoms with Crippen LogP contribution >= 0.6 is 11.3 Å². The number of alkyl carbamates (subject to hydrolysis) is 1. The predicted molar refractivity (Wildman–Crippen MR) is 105 cm³/mol. The number of hydrogen-bond acceptors (Lipinski definition) is 5. The van der Waals surface area contributed by atoms with Crippen molar-refractivity contribution in [2.75, 3.05) is 6.61 Å². The van der Waals surface area contributed by atoms with Gasteiger partial charge < -0.3 is 15.2 Å². The molecule has 4 rings (SSSR count). The van der Waals surface area contributed by atoms with Gasteiger partial charge in [0.1, 0.15) is 6.61 Å². The Morgan fingerprint density at radius 1 is 1.11 bits per heavy atom. The van der Waals surface area contributed by atoms with E-state index < -0.39 is 18.1 Å². The number of carbonyl (C=O) groups is 2. The second-order valence-electron chi connectivity index (χ2n) is 6.52. The van der Waals surface area contributed by atoms with Crippen LogP contribution in [0.15, 0.2) is 60.2 Å². The van der Waals surface area contributed by atoms with Gasteiger partial charge >= 0.3 is 12.1 Å². The molecule has 28 heavy (non-hydrogen) atoms. The third-order valence-electron chi connectivity index (χ3n) is 4.81. The van der Waals surface area contributed by atoms with E-state index in [0.717, 1.165) is 22.3 Å². The lowest BCUT2D eigenvalue weighted by molar-refractivity contribution is -0.137. The molecule has 142 valence electrons. The van der Waals surface area contributed by atoms with Crippen LogP contribution in [0.4, 0.5) is 4.79 Å². The third-order valence-corrected chi connectivity index (χ3v) is 5.70. The normalized spacial score (nSPS) is 13.4. The highest BCUT2D eigenvalue weighted by atomic mass is 32.1. The summed E-state index contributed by atoms with van der Waals surface area (Å²) in [6.07, 6.45) is 0.690. The second-order valence-corrected chi connectivity index (χ2v) is 7.44. The van der Waals surface area contributed by atoms with Gasteiger partial charge in [0, 0.05) is 17.0 Å². The van der Waals surface area contributed by atoms with Crippen LogP contribution in [-0.4, -0.2) is 28.8 Å². The highest BCUT2D eigenvalue weighted by molar-refractivity contribution is 7.09. The van der Waals surface area contributed by atoms with Crippen LogP contribution in [0.25, 0.3) is 11.1 Å². The zero-order valence-electron chi connectivity index (χ0n) is 14.9. The van der Waals surface area contributed by atoms with Gasteiger partial charge in [0.2, 0.25) is 0 Å². The molecule has 0 aliphatic heterocycles. The van der Waals surface area contributed by atoms with Crippen LogP contribution in [0.2, 0.25) is 0 Å². The number of nitrogens with zero attached hydrogens (tertiary/aromatic N) is 1. The van der Waals surface area contributed by atoms with E-state index in [4.69, 9.17) is 9.84 Å². The summed E-state index contributed by atoms with van der Waals surface area (Å²) in [5.41, 5.74) is 6.16. The number of hydrogen-bond donors (Lipinski definition) is 2. The van der Waals surface area contributed by atoms with Crippen LogP contribution < -0.4 is 5.32 Å². The van der Waals surface area contributed by atoms with E-state index in [9.17, 15) is 9.59 Å². The van der Waals surface area contributed by atoms with Crippen molar-refractivity contribution in [2.24, 2.45) is 0 Å². The average Bonchev–Trinajstić information content (AvgIpc) is 3.32. The lowest BCUT2D eigenvalue weighted by Gasteiger charge is -2.18. The molecule has 1 amide bonds. The minimum absolute atomic E-state index is 0.0421. The number of carboxylic acid groups (broad SMARTS) is 1. The summed E-state index contributed by atoms with van der Waals surface area (Å²) in [5, 5.41) is 11.8. The zero-order chi connectivity index (χ0) is 19.5. The number of rotatable bonds is 6. The van der Waals surface area contributed by atoms with Gasteiger partial charge in [-0.15, -0.1) is 11.3 Å². The van der Waals surface area contributed by atoms with Crippen molar-refractivity contribution in [3.8, 4) is 11.1 Å². The van der Waals surface area contributed by atoms with Crippen LogP contribution in [-0.2, 0) is 9.53 Å². The lowest BCUT2D eigenvalue weighted by Crippen LogP contribution is -2.31. The molecule has 0 radical (unpaired) electrons. The molecular formula is C21H18N2O4S. The Morgan fingerprint density at radius 2 is 1.75 bits per heavy atom. The van der Waals surface area contributed by atoms with E-state index in [0.29, 0.717) is 4.88 Å². The molecule has 0 saturated carbocycles. The first kappa shape index (κ1) is 18.2. The van der Waals surface area contributed by atoms with Crippen LogP contribution in [0.1, 0.15) is 34.4 Å². The Bertz CT molecular complexity index is 958. The zero-order valence-corrected chi connectivity index (χ0v) is 15.7. The molecule has 1 aliphatic carbocycles. The number of amides is 1. The number of benzene rings is 2. The molecule has 2 aromatic carbocycles. The van der Waals surface area contributed by atoms with Crippen molar-refractivity contribution < 1.29 is 19.4 Å². The Morgan fingerprint density at radius 3 is 2.32 bits per heavy atom. The number of fused-ring (bicyclic) bond motifs is 3. The van der Waals surface area contributed by atoms with Gasteiger partial charge in [-0.3, -0.25) is 9.78 Å². The number of carboxylic acids is 1. The molecule has 1 unspecified atom stereocenters. The Labute approximate surface area is 165 Å². The predicted octanol–water partition coefficient (Wildman–Crippen LogP) is 4.20. The van der Waals surface area contributed by atoms with Crippen molar-refractivity contribution in [3.05, 3.63) is 76.2 Å². The van der Waals surface area contributed by atoms with E-state index in [2.05, 4.69) is 22.4 Å². The number of aliphatic carboxylic acids is 1. The van der Waals surface area contributed by atoms with Crippen molar-refractivity contribution in [3.63, 3.8) is 0 Å². The first-order valence-electron chi connectivity index (χ1n) is 8.85. The topological polar surface area (TPSA) is 88.5 Å². The number of thiazole rings is 1. The summed E-state index contributed by atoms with van der Waals surface area (Å²) in [6.45, 7) is 0.183. The standard InChI is InChI=1S/C21H18N2O4S/c24-20(25)9-18(19-10-22-12-28-19)23-21(26)27-11-17-15-7-3-1-5-13(15)14-6-2-4-8-16(14)17/h1-8,10,12,17-18H,9,11H2,(H,23,26)(H,24,25). The molecule has 1 aliphatic rings. The van der Waals surface area contributed by atoms with E-state index in [1.54, 1.807) is 11.7 Å². The molecule has 7 heteroatoms. The van der Waals surface area contributed by atoms with E-state index in [1.165, 1.54) is 11.3 Å². The maximum Gasteiger partial charge on any atom is 0.407 e. The minimum Gasteiger partial charge on any atom is -0.481 e.